The number of carboxylic acid groups (broad SMARTS) is 1. The van der Waals surface area contributed by atoms with E-state index in [1.807, 2.05) is 0 Å². The van der Waals surface area contributed by atoms with E-state index < -0.39 is 28.6 Å². The number of nitrogens with one attached hydrogen (secondary N) is 1. The number of carbonyl (C=O) groups excluding carboxylic acids is 2. The largest absolute Gasteiger partial charge is 1.00 e. The quantitative estimate of drug-likeness (QED) is 0.234. The van der Waals surface area contributed by atoms with Gasteiger partial charge in [0.15, 0.2) is 11.7 Å². The molecule has 2 unspecified atom stereocenters. The third kappa shape index (κ3) is 3.22. The molecule has 7 nitrogen and oxygen atoms in total. The molecule has 0 saturated carbocycles. The van der Waals surface area contributed by atoms with Gasteiger partial charge >= 0.3 is 29.6 Å². The number of aliphatic carboxylic acids is 1. The molecule has 0 aromatic carbocycles. The first-order valence-electron chi connectivity index (χ1n) is 4.47. The third-order valence-electron chi connectivity index (χ3n) is 2.02. The molecular weight excluding hydrogens is 337 g/mol. The van der Waals surface area contributed by atoms with Gasteiger partial charge in [-0.1, -0.05) is 20.3 Å². The predicted octanol–water partition coefficient (Wildman–Crippen LogP) is -4.89. The molecule has 0 spiro atoms. The first-order chi connectivity index (χ1) is 7.99. The Hall–Kier alpha value is -0.190. The van der Waals surface area contributed by atoms with Crippen LogP contribution < -0.4 is 40.0 Å². The topological polar surface area (TPSA) is 117 Å². The number of allylic oxidation sites excluding steroid dienone is 1. The molecule has 0 aromatic heterocycles. The smallest absolute Gasteiger partial charge is 0.628 e. The van der Waals surface area contributed by atoms with Crippen LogP contribution in [-0.4, -0.2) is 33.2 Å². The molecular formula is C8H6BrN3NaO4S. The van der Waals surface area contributed by atoms with Crippen LogP contribution in [0.5, 0.6) is 0 Å². The number of rotatable bonds is 2. The van der Waals surface area contributed by atoms with Crippen molar-refractivity contribution in [2.45, 2.75) is 11.2 Å². The maximum atomic E-state index is 11.7. The minimum atomic E-state index is -2.31. The molecule has 0 bridgehead atoms. The van der Waals surface area contributed by atoms with Crippen molar-refractivity contribution in [1.29, 1.82) is 0 Å². The molecule has 2 heterocycles. The van der Waals surface area contributed by atoms with E-state index in [1.165, 1.54) is 6.21 Å². The van der Waals surface area contributed by atoms with Crippen LogP contribution in [0.2, 0.25) is 0 Å². The number of alkyl halides is 1. The van der Waals surface area contributed by atoms with E-state index in [0.29, 0.717) is 0 Å². The fourth-order valence-electron chi connectivity index (χ4n) is 1.33. The predicted molar refractivity (Wildman–Crippen MR) is 63.0 cm³/mol. The van der Waals surface area contributed by atoms with Crippen LogP contribution >= 0.6 is 15.9 Å². The summed E-state index contributed by atoms with van der Waals surface area (Å²) < 4.78 is 15.3. The summed E-state index contributed by atoms with van der Waals surface area (Å²) in [6.45, 7) is 0. The van der Waals surface area contributed by atoms with E-state index in [4.69, 9.17) is 0 Å². The average molecular weight is 343 g/mol. The number of carbonyl (C=O) groups is 2. The van der Waals surface area contributed by atoms with E-state index in [2.05, 4.69) is 30.6 Å². The zero-order valence-electron chi connectivity index (χ0n) is 9.21. The molecule has 2 atom stereocenters. The molecule has 2 aliphatic rings. The van der Waals surface area contributed by atoms with Crippen molar-refractivity contribution in [3.05, 3.63) is 10.7 Å². The number of amidine groups is 1. The Labute approximate surface area is 136 Å². The van der Waals surface area contributed by atoms with Gasteiger partial charge in [0.25, 0.3) is 0 Å². The van der Waals surface area contributed by atoms with Crippen molar-refractivity contribution in [2.75, 3.05) is 0 Å². The standard InChI is InChI=1S/C8H7BrN3O4S.Na/c9-3-2-10-8-7(6(3)15)17(16)12-4(11-8)1-5(13)14;/h2-3,17H,1H2,(H,11,12)(H,13,14);/q;+1/p-1. The van der Waals surface area contributed by atoms with Crippen molar-refractivity contribution in [1.82, 2.24) is 5.32 Å². The minimum absolute atomic E-state index is 0. The number of thiol groups is 1. The van der Waals surface area contributed by atoms with Crippen LogP contribution in [-0.2, 0) is 21.0 Å². The summed E-state index contributed by atoms with van der Waals surface area (Å²) >= 11 is 0.742. The minimum Gasteiger partial charge on any atom is -0.628 e. The zero-order valence-corrected chi connectivity index (χ0v) is 13.7. The molecule has 2 rings (SSSR count). The second-order valence-electron chi connectivity index (χ2n) is 3.23. The second-order valence-corrected chi connectivity index (χ2v) is 5.41. The average Bonchev–Trinajstić information content (AvgIpc) is 2.22. The first-order valence-corrected chi connectivity index (χ1v) is 6.60. The van der Waals surface area contributed by atoms with Crippen molar-refractivity contribution in [2.24, 2.45) is 9.39 Å². The molecule has 2 aliphatic heterocycles. The molecule has 0 saturated heterocycles. The van der Waals surface area contributed by atoms with Crippen LogP contribution in [0.3, 0.4) is 0 Å². The number of ketones is 1. The number of hydrogen-bond donors (Lipinski definition) is 1. The van der Waals surface area contributed by atoms with Gasteiger partial charge in [0.2, 0.25) is 10.7 Å². The fourth-order valence-corrected chi connectivity index (χ4v) is 2.92. The summed E-state index contributed by atoms with van der Waals surface area (Å²) in [6.07, 6.45) is 0.832. The van der Waals surface area contributed by atoms with Gasteiger partial charge in [0, 0.05) is 18.6 Å². The van der Waals surface area contributed by atoms with Gasteiger partial charge in [0.1, 0.15) is 4.83 Å². The Morgan fingerprint density at radius 3 is 2.89 bits per heavy atom. The molecule has 0 fully saturated rings. The Bertz CT molecular complexity index is 493. The van der Waals surface area contributed by atoms with Gasteiger partial charge < -0.3 is 19.8 Å². The fraction of sp³-hybridized carbons (Fsp3) is 0.250. The van der Waals surface area contributed by atoms with Gasteiger partial charge in [-0.15, -0.1) is 0 Å². The zero-order chi connectivity index (χ0) is 12.6. The van der Waals surface area contributed by atoms with Crippen LogP contribution in [0.25, 0.3) is 0 Å². The van der Waals surface area contributed by atoms with Crippen molar-refractivity contribution >= 4 is 51.1 Å². The van der Waals surface area contributed by atoms with Crippen molar-refractivity contribution in [3.8, 4) is 0 Å². The van der Waals surface area contributed by atoms with Gasteiger partial charge in [-0.25, -0.2) is 4.99 Å². The summed E-state index contributed by atoms with van der Waals surface area (Å²) in [6, 6.07) is 0. The number of halogens is 1. The molecule has 18 heavy (non-hydrogen) atoms. The van der Waals surface area contributed by atoms with Crippen LogP contribution in [0, 0.1) is 0 Å². The molecule has 91 valence electrons. The summed E-state index contributed by atoms with van der Waals surface area (Å²) in [7, 11) is 0. The summed E-state index contributed by atoms with van der Waals surface area (Å²) in [4.78, 5) is 25.3. The van der Waals surface area contributed by atoms with Crippen LogP contribution in [0.15, 0.2) is 20.1 Å². The molecule has 1 N–H and O–H groups in total. The number of nitrogens with zero attached hydrogens (tertiary/aromatic N) is 2. The van der Waals surface area contributed by atoms with Crippen LogP contribution in [0.1, 0.15) is 6.42 Å². The maximum Gasteiger partial charge on any atom is 1.00 e. The molecule has 0 aliphatic carbocycles. The Morgan fingerprint density at radius 2 is 2.28 bits per heavy atom. The van der Waals surface area contributed by atoms with E-state index in [1.54, 1.807) is 0 Å². The molecule has 1 radical (unpaired) electrons. The second kappa shape index (κ2) is 6.31. The van der Waals surface area contributed by atoms with E-state index >= 15 is 0 Å². The third-order valence-corrected chi connectivity index (χ3v) is 3.91. The molecule has 10 heteroatoms. The normalized spacial score (nSPS) is 25.9. The van der Waals surface area contributed by atoms with Crippen LogP contribution in [0.4, 0.5) is 0 Å². The number of Topliss-reactive ketones (excluding diaryl/α,β-unsaturated/α-hetero) is 1. The Balaban J connectivity index is 0.00000162. The van der Waals surface area contributed by atoms with Gasteiger partial charge in [0.05, 0.1) is 0 Å². The maximum absolute atomic E-state index is 11.7. The SMILES string of the molecule is O=C([O-])CC1=N[SH+]([O-])C2=C(N=CC(Br)C2=O)N1.[Na+]. The van der Waals surface area contributed by atoms with Gasteiger partial charge in [-0.05, 0) is 11.4 Å². The first kappa shape index (κ1) is 15.9. The van der Waals surface area contributed by atoms with Crippen molar-refractivity contribution in [3.63, 3.8) is 0 Å². The van der Waals surface area contributed by atoms with E-state index in [0.717, 1.165) is 0 Å². The number of aliphatic imine (C=N–C) groups is 1. The monoisotopic (exact) mass is 342 g/mol. The van der Waals surface area contributed by atoms with E-state index in [9.17, 15) is 19.2 Å². The Morgan fingerprint density at radius 1 is 1.61 bits per heavy atom. The summed E-state index contributed by atoms with van der Waals surface area (Å²) in [5, 5.41) is 12.9. The Kier molecular flexibility index (Phi) is 5.56. The number of hydrogen-bond acceptors (Lipinski definition) is 7. The molecule has 0 aromatic rings. The molecule has 0 amide bonds. The van der Waals surface area contributed by atoms with Crippen molar-refractivity contribution < 1.29 is 48.8 Å². The number of carboxylic acids is 1. The van der Waals surface area contributed by atoms with E-state index in [-0.39, 0.29) is 51.9 Å². The van der Waals surface area contributed by atoms with Gasteiger partial charge in [-0.3, -0.25) is 4.79 Å². The van der Waals surface area contributed by atoms with Gasteiger partial charge in [-0.2, -0.15) is 0 Å². The summed E-state index contributed by atoms with van der Waals surface area (Å²) in [5.41, 5.74) is 0. The summed E-state index contributed by atoms with van der Waals surface area (Å²) in [5.74, 6) is -1.67.